The van der Waals surface area contributed by atoms with Gasteiger partial charge in [-0.15, -0.1) is 10.2 Å². The summed E-state index contributed by atoms with van der Waals surface area (Å²) in [6, 6.07) is 23.1. The number of benzene rings is 3. The number of aromatic nitrogens is 2. The van der Waals surface area contributed by atoms with E-state index >= 15 is 0 Å². The molecule has 1 aromatic heterocycles. The molecule has 0 radical (unpaired) electrons. The summed E-state index contributed by atoms with van der Waals surface area (Å²) in [7, 11) is 0. The van der Waals surface area contributed by atoms with E-state index in [0.717, 1.165) is 16.7 Å². The molecule has 2 amide bonds. The van der Waals surface area contributed by atoms with Crippen LogP contribution in [0.15, 0.2) is 83.3 Å². The van der Waals surface area contributed by atoms with Gasteiger partial charge in [-0.25, -0.2) is 4.79 Å². The summed E-state index contributed by atoms with van der Waals surface area (Å²) in [6.45, 7) is 1.96. The first-order valence-corrected chi connectivity index (χ1v) is 9.75. The summed E-state index contributed by atoms with van der Waals surface area (Å²) in [5.41, 5.74) is 3.31. The number of carbonyl (C=O) groups is 1. The molecule has 0 aliphatic rings. The van der Waals surface area contributed by atoms with Gasteiger partial charge in [0, 0.05) is 16.3 Å². The van der Waals surface area contributed by atoms with Crippen LogP contribution < -0.4 is 10.6 Å². The maximum atomic E-state index is 12.7. The molecule has 0 aliphatic carbocycles. The lowest BCUT2D eigenvalue weighted by Gasteiger charge is -2.16. The van der Waals surface area contributed by atoms with Crippen molar-refractivity contribution in [2.45, 2.75) is 13.0 Å². The van der Waals surface area contributed by atoms with E-state index in [2.05, 4.69) is 20.8 Å². The van der Waals surface area contributed by atoms with Gasteiger partial charge in [0.05, 0.1) is 0 Å². The Bertz CT molecular complexity index is 1140. The minimum absolute atomic E-state index is 0.274. The molecule has 0 fully saturated rings. The monoisotopic (exact) mass is 418 g/mol. The van der Waals surface area contributed by atoms with Gasteiger partial charge in [0.1, 0.15) is 6.04 Å². The highest BCUT2D eigenvalue weighted by molar-refractivity contribution is 6.30. The number of rotatable bonds is 5. The molecule has 6 nitrogen and oxygen atoms in total. The zero-order chi connectivity index (χ0) is 20.9. The fourth-order valence-electron chi connectivity index (χ4n) is 3.01. The van der Waals surface area contributed by atoms with E-state index in [1.54, 1.807) is 12.1 Å². The molecule has 30 heavy (non-hydrogen) atoms. The number of amides is 2. The van der Waals surface area contributed by atoms with Crippen LogP contribution in [-0.4, -0.2) is 16.2 Å². The lowest BCUT2D eigenvalue weighted by molar-refractivity contribution is 0.248. The minimum Gasteiger partial charge on any atom is -0.418 e. The average molecular weight is 419 g/mol. The van der Waals surface area contributed by atoms with Gasteiger partial charge in [0.25, 0.3) is 0 Å². The number of nitrogens with zero attached hydrogens (tertiary/aromatic N) is 2. The number of hydrogen-bond donors (Lipinski definition) is 2. The largest absolute Gasteiger partial charge is 0.418 e. The smallest absolute Gasteiger partial charge is 0.320 e. The Kier molecular flexibility index (Phi) is 5.77. The van der Waals surface area contributed by atoms with Gasteiger partial charge in [0.15, 0.2) is 0 Å². The molecule has 0 spiro atoms. The van der Waals surface area contributed by atoms with E-state index in [0.29, 0.717) is 16.6 Å². The number of hydrogen-bond acceptors (Lipinski definition) is 4. The highest BCUT2D eigenvalue weighted by atomic mass is 35.5. The SMILES string of the molecule is Cc1cccc(NC(=O)NC(c2ccc(Cl)cc2)c2nnc(-c3ccccc3)o2)c1. The third-order valence-corrected chi connectivity index (χ3v) is 4.72. The van der Waals surface area contributed by atoms with Gasteiger partial charge in [-0.1, -0.05) is 54.1 Å². The molecule has 0 aliphatic heterocycles. The third-order valence-electron chi connectivity index (χ3n) is 4.46. The Balaban J connectivity index is 1.61. The van der Waals surface area contributed by atoms with Gasteiger partial charge in [-0.2, -0.15) is 0 Å². The fraction of sp³-hybridized carbons (Fsp3) is 0.0870. The van der Waals surface area contributed by atoms with Gasteiger partial charge in [-0.3, -0.25) is 0 Å². The zero-order valence-electron chi connectivity index (χ0n) is 16.2. The summed E-state index contributed by atoms with van der Waals surface area (Å²) in [5, 5.41) is 14.7. The molecule has 0 saturated heterocycles. The number of aryl methyl sites for hydroxylation is 1. The van der Waals surface area contributed by atoms with Crippen molar-refractivity contribution in [2.24, 2.45) is 0 Å². The summed E-state index contributed by atoms with van der Waals surface area (Å²) >= 11 is 6.02. The topological polar surface area (TPSA) is 80.0 Å². The van der Waals surface area contributed by atoms with Crippen molar-refractivity contribution in [3.8, 4) is 11.5 Å². The maximum Gasteiger partial charge on any atom is 0.320 e. The van der Waals surface area contributed by atoms with E-state index in [9.17, 15) is 4.79 Å². The first-order valence-electron chi connectivity index (χ1n) is 9.37. The zero-order valence-corrected chi connectivity index (χ0v) is 16.9. The van der Waals surface area contributed by atoms with Crippen LogP contribution in [0.4, 0.5) is 10.5 Å². The van der Waals surface area contributed by atoms with Crippen LogP contribution in [0.2, 0.25) is 5.02 Å². The summed E-state index contributed by atoms with van der Waals surface area (Å²) < 4.78 is 5.89. The van der Waals surface area contributed by atoms with Crippen molar-refractivity contribution in [3.05, 3.63) is 101 Å². The molecule has 4 rings (SSSR count). The number of halogens is 1. The average Bonchev–Trinajstić information content (AvgIpc) is 3.23. The summed E-state index contributed by atoms with van der Waals surface area (Å²) in [6.07, 6.45) is 0. The fourth-order valence-corrected chi connectivity index (χ4v) is 3.14. The van der Waals surface area contributed by atoms with Gasteiger partial charge < -0.3 is 15.1 Å². The van der Waals surface area contributed by atoms with E-state index in [4.69, 9.17) is 16.0 Å². The van der Waals surface area contributed by atoms with Crippen LogP contribution in [0, 0.1) is 6.92 Å². The molecule has 1 heterocycles. The highest BCUT2D eigenvalue weighted by Gasteiger charge is 2.23. The molecule has 0 bridgehead atoms. The second-order valence-electron chi connectivity index (χ2n) is 6.76. The van der Waals surface area contributed by atoms with E-state index in [1.807, 2.05) is 73.7 Å². The Morgan fingerprint density at radius 1 is 0.967 bits per heavy atom. The molecule has 1 atom stereocenters. The lowest BCUT2D eigenvalue weighted by atomic mass is 10.1. The molecule has 150 valence electrons. The number of anilines is 1. The predicted molar refractivity (Wildman–Crippen MR) is 116 cm³/mol. The van der Waals surface area contributed by atoms with Crippen LogP contribution in [0.25, 0.3) is 11.5 Å². The van der Waals surface area contributed by atoms with Crippen LogP contribution in [0.5, 0.6) is 0 Å². The van der Waals surface area contributed by atoms with Gasteiger partial charge >= 0.3 is 6.03 Å². The minimum atomic E-state index is -0.642. The Morgan fingerprint density at radius 3 is 2.47 bits per heavy atom. The van der Waals surface area contributed by atoms with Crippen molar-refractivity contribution in [3.63, 3.8) is 0 Å². The molecule has 0 saturated carbocycles. The Morgan fingerprint density at radius 2 is 1.73 bits per heavy atom. The molecule has 2 N–H and O–H groups in total. The molecule has 4 aromatic rings. The van der Waals surface area contributed by atoms with E-state index < -0.39 is 6.04 Å². The number of carbonyl (C=O) groups excluding carboxylic acids is 1. The number of nitrogens with one attached hydrogen (secondary N) is 2. The lowest BCUT2D eigenvalue weighted by Crippen LogP contribution is -2.33. The van der Waals surface area contributed by atoms with Crippen LogP contribution in [0.1, 0.15) is 23.1 Å². The van der Waals surface area contributed by atoms with E-state index in [1.165, 1.54) is 0 Å². The normalized spacial score (nSPS) is 11.7. The van der Waals surface area contributed by atoms with Crippen LogP contribution >= 0.6 is 11.6 Å². The number of urea groups is 1. The van der Waals surface area contributed by atoms with Gasteiger partial charge in [0.2, 0.25) is 11.8 Å². The molecule has 3 aromatic carbocycles. The van der Waals surface area contributed by atoms with Gasteiger partial charge in [-0.05, 0) is 54.4 Å². The molecular formula is C23H19ClN4O2. The predicted octanol–water partition coefficient (Wildman–Crippen LogP) is 5.61. The standard InChI is InChI=1S/C23H19ClN4O2/c1-15-6-5-9-19(14-15)25-23(29)26-20(16-10-12-18(24)13-11-16)22-28-27-21(30-22)17-7-3-2-4-8-17/h2-14,20H,1H3,(H2,25,26,29). The second-order valence-corrected chi connectivity index (χ2v) is 7.20. The molecular weight excluding hydrogens is 400 g/mol. The van der Waals surface area contributed by atoms with Crippen LogP contribution in [-0.2, 0) is 0 Å². The van der Waals surface area contributed by atoms with Crippen molar-refractivity contribution in [2.75, 3.05) is 5.32 Å². The quantitative estimate of drug-likeness (QED) is 0.441. The Hall–Kier alpha value is -3.64. The first-order chi connectivity index (χ1) is 14.6. The van der Waals surface area contributed by atoms with E-state index in [-0.39, 0.29) is 11.9 Å². The maximum absolute atomic E-state index is 12.7. The highest BCUT2D eigenvalue weighted by Crippen LogP contribution is 2.26. The second kappa shape index (κ2) is 8.80. The molecule has 1 unspecified atom stereocenters. The van der Waals surface area contributed by atoms with Crippen LogP contribution in [0.3, 0.4) is 0 Å². The van der Waals surface area contributed by atoms with Crippen molar-refractivity contribution in [1.82, 2.24) is 15.5 Å². The summed E-state index contributed by atoms with van der Waals surface area (Å²) in [5.74, 6) is 0.654. The Labute approximate surface area is 178 Å². The van der Waals surface area contributed by atoms with Crippen molar-refractivity contribution in [1.29, 1.82) is 0 Å². The third kappa shape index (κ3) is 4.67. The summed E-state index contributed by atoms with van der Waals surface area (Å²) in [4.78, 5) is 12.7. The van der Waals surface area contributed by atoms with Crippen molar-refractivity contribution < 1.29 is 9.21 Å². The van der Waals surface area contributed by atoms with Crippen molar-refractivity contribution >= 4 is 23.3 Å². The molecule has 7 heteroatoms. The first kappa shape index (κ1) is 19.7.